The lowest BCUT2D eigenvalue weighted by molar-refractivity contribution is 0.307. The molecule has 0 aromatic rings. The summed E-state index contributed by atoms with van der Waals surface area (Å²) in [5.74, 6) is 1.71. The molecule has 0 saturated carbocycles. The third-order valence-electron chi connectivity index (χ3n) is 2.61. The van der Waals surface area contributed by atoms with E-state index in [0.29, 0.717) is 6.04 Å². The van der Waals surface area contributed by atoms with Gasteiger partial charge in [0.2, 0.25) is 0 Å². The Kier molecular flexibility index (Phi) is 2.90. The van der Waals surface area contributed by atoms with E-state index in [4.69, 9.17) is 5.73 Å². The first kappa shape index (κ1) is 9.01. The van der Waals surface area contributed by atoms with Crippen molar-refractivity contribution in [3.05, 3.63) is 0 Å². The van der Waals surface area contributed by atoms with Gasteiger partial charge in [0.1, 0.15) is 0 Å². The van der Waals surface area contributed by atoms with Gasteiger partial charge in [-0.05, 0) is 18.8 Å². The summed E-state index contributed by atoms with van der Waals surface area (Å²) in [4.78, 5) is 2.47. The van der Waals surface area contributed by atoms with Gasteiger partial charge in [0.05, 0.1) is 0 Å². The molecule has 0 aliphatic carbocycles. The molecule has 2 N–H and O–H groups in total. The summed E-state index contributed by atoms with van der Waals surface area (Å²) < 4.78 is 0. The lowest BCUT2D eigenvalue weighted by Gasteiger charge is -2.17. The first-order valence-electron chi connectivity index (χ1n) is 4.57. The Morgan fingerprint density at radius 2 is 1.82 bits per heavy atom. The summed E-state index contributed by atoms with van der Waals surface area (Å²) in [5, 5.41) is 0. The molecular weight excluding hydrogens is 136 g/mol. The summed E-state index contributed by atoms with van der Waals surface area (Å²) in [6.45, 7) is 10.3. The summed E-state index contributed by atoms with van der Waals surface area (Å²) in [6.07, 6.45) is 0. The van der Waals surface area contributed by atoms with Crippen molar-refractivity contribution in [3.63, 3.8) is 0 Å². The zero-order valence-electron chi connectivity index (χ0n) is 7.88. The predicted octanol–water partition coefficient (Wildman–Crippen LogP) is 0.921. The fourth-order valence-electron chi connectivity index (χ4n) is 1.81. The molecule has 2 nitrogen and oxygen atoms in total. The van der Waals surface area contributed by atoms with Crippen LogP contribution in [-0.4, -0.2) is 30.6 Å². The van der Waals surface area contributed by atoms with Crippen LogP contribution in [0.3, 0.4) is 0 Å². The molecule has 3 atom stereocenters. The van der Waals surface area contributed by atoms with Gasteiger partial charge in [0, 0.05) is 25.7 Å². The smallest absolute Gasteiger partial charge is 0.0139 e. The lowest BCUT2D eigenvalue weighted by atomic mass is 10.0. The topological polar surface area (TPSA) is 29.3 Å². The van der Waals surface area contributed by atoms with Crippen LogP contribution in [0.25, 0.3) is 0 Å². The normalized spacial score (nSPS) is 36.0. The number of nitrogens with zero attached hydrogens (tertiary/aromatic N) is 1. The van der Waals surface area contributed by atoms with Crippen molar-refractivity contribution in [1.29, 1.82) is 0 Å². The predicted molar refractivity (Wildman–Crippen MR) is 48.4 cm³/mol. The molecule has 0 radical (unpaired) electrons. The van der Waals surface area contributed by atoms with Crippen molar-refractivity contribution in [3.8, 4) is 0 Å². The van der Waals surface area contributed by atoms with Crippen molar-refractivity contribution in [2.75, 3.05) is 19.6 Å². The van der Waals surface area contributed by atoms with Gasteiger partial charge in [-0.3, -0.25) is 0 Å². The summed E-state index contributed by atoms with van der Waals surface area (Å²) in [6, 6.07) is 0.326. The number of hydrogen-bond acceptors (Lipinski definition) is 2. The van der Waals surface area contributed by atoms with Crippen LogP contribution in [-0.2, 0) is 0 Å². The van der Waals surface area contributed by atoms with Crippen LogP contribution in [0, 0.1) is 11.8 Å². The maximum absolute atomic E-state index is 5.72. The molecule has 0 amide bonds. The molecule has 1 saturated heterocycles. The molecular formula is C9H20N2. The molecule has 2 heteroatoms. The molecule has 66 valence electrons. The summed E-state index contributed by atoms with van der Waals surface area (Å²) in [5.41, 5.74) is 5.72. The van der Waals surface area contributed by atoms with Gasteiger partial charge in [0.25, 0.3) is 0 Å². The lowest BCUT2D eigenvalue weighted by Crippen LogP contribution is -2.34. The van der Waals surface area contributed by atoms with Gasteiger partial charge < -0.3 is 10.6 Å². The van der Waals surface area contributed by atoms with Gasteiger partial charge in [-0.1, -0.05) is 13.8 Å². The first-order valence-corrected chi connectivity index (χ1v) is 4.57. The molecule has 1 rings (SSSR count). The summed E-state index contributed by atoms with van der Waals surface area (Å²) in [7, 11) is 0. The van der Waals surface area contributed by atoms with E-state index in [2.05, 4.69) is 25.7 Å². The summed E-state index contributed by atoms with van der Waals surface area (Å²) >= 11 is 0. The highest BCUT2D eigenvalue weighted by Crippen LogP contribution is 2.21. The third-order valence-corrected chi connectivity index (χ3v) is 2.61. The zero-order valence-corrected chi connectivity index (χ0v) is 7.88. The van der Waals surface area contributed by atoms with E-state index in [-0.39, 0.29) is 0 Å². The number of rotatable bonds is 2. The fraction of sp³-hybridized carbons (Fsp3) is 1.00. The average molecular weight is 156 g/mol. The van der Waals surface area contributed by atoms with E-state index in [1.807, 2.05) is 0 Å². The molecule has 11 heavy (non-hydrogen) atoms. The Bertz CT molecular complexity index is 110. The Hall–Kier alpha value is -0.0800. The molecule has 0 spiro atoms. The van der Waals surface area contributed by atoms with Crippen molar-refractivity contribution < 1.29 is 0 Å². The van der Waals surface area contributed by atoms with Gasteiger partial charge in [-0.25, -0.2) is 0 Å². The standard InChI is InChI=1S/C9H20N2/c1-7-4-11(5-8(7)2)6-9(3)10/h7-9H,4-6,10H2,1-3H3/t7?,8?,9-/m0/s1. The minimum Gasteiger partial charge on any atom is -0.327 e. The second kappa shape index (κ2) is 3.55. The van der Waals surface area contributed by atoms with E-state index in [1.54, 1.807) is 0 Å². The molecule has 0 bridgehead atoms. The molecule has 2 unspecified atom stereocenters. The van der Waals surface area contributed by atoms with Gasteiger partial charge >= 0.3 is 0 Å². The molecule has 1 heterocycles. The minimum absolute atomic E-state index is 0.326. The van der Waals surface area contributed by atoms with E-state index in [9.17, 15) is 0 Å². The highest BCUT2D eigenvalue weighted by molar-refractivity contribution is 4.79. The molecule has 1 aliphatic heterocycles. The average Bonchev–Trinajstić information content (AvgIpc) is 2.10. The Labute approximate surface area is 69.8 Å². The monoisotopic (exact) mass is 156 g/mol. The van der Waals surface area contributed by atoms with Gasteiger partial charge in [-0.15, -0.1) is 0 Å². The quantitative estimate of drug-likeness (QED) is 0.644. The van der Waals surface area contributed by atoms with Gasteiger partial charge in [0.15, 0.2) is 0 Å². The minimum atomic E-state index is 0.326. The van der Waals surface area contributed by atoms with E-state index in [0.717, 1.165) is 18.4 Å². The second-order valence-electron chi connectivity index (χ2n) is 4.15. The number of likely N-dealkylation sites (tertiary alicyclic amines) is 1. The molecule has 1 aliphatic rings. The van der Waals surface area contributed by atoms with Crippen LogP contribution in [0.4, 0.5) is 0 Å². The Morgan fingerprint density at radius 1 is 1.36 bits per heavy atom. The molecule has 0 aromatic carbocycles. The van der Waals surface area contributed by atoms with Crippen molar-refractivity contribution in [2.24, 2.45) is 17.6 Å². The molecule has 1 fully saturated rings. The van der Waals surface area contributed by atoms with Crippen molar-refractivity contribution >= 4 is 0 Å². The van der Waals surface area contributed by atoms with Gasteiger partial charge in [-0.2, -0.15) is 0 Å². The first-order chi connectivity index (χ1) is 5.09. The van der Waals surface area contributed by atoms with E-state index < -0.39 is 0 Å². The maximum atomic E-state index is 5.72. The van der Waals surface area contributed by atoms with Crippen LogP contribution < -0.4 is 5.73 Å². The number of hydrogen-bond donors (Lipinski definition) is 1. The SMILES string of the molecule is CC1CN(C[C@H](C)N)CC1C. The van der Waals surface area contributed by atoms with Crippen molar-refractivity contribution in [1.82, 2.24) is 4.90 Å². The van der Waals surface area contributed by atoms with E-state index in [1.165, 1.54) is 13.1 Å². The number of nitrogens with two attached hydrogens (primary N) is 1. The second-order valence-corrected chi connectivity index (χ2v) is 4.15. The van der Waals surface area contributed by atoms with Crippen LogP contribution in [0.15, 0.2) is 0 Å². The highest BCUT2D eigenvalue weighted by atomic mass is 15.2. The fourth-order valence-corrected chi connectivity index (χ4v) is 1.81. The van der Waals surface area contributed by atoms with Crippen LogP contribution >= 0.6 is 0 Å². The third kappa shape index (κ3) is 2.46. The zero-order chi connectivity index (χ0) is 8.43. The molecule has 0 aromatic heterocycles. The maximum Gasteiger partial charge on any atom is 0.0139 e. The van der Waals surface area contributed by atoms with Crippen LogP contribution in [0.2, 0.25) is 0 Å². The Balaban J connectivity index is 2.29. The Morgan fingerprint density at radius 3 is 2.18 bits per heavy atom. The van der Waals surface area contributed by atoms with Crippen molar-refractivity contribution in [2.45, 2.75) is 26.8 Å². The van der Waals surface area contributed by atoms with E-state index >= 15 is 0 Å². The highest BCUT2D eigenvalue weighted by Gasteiger charge is 2.25. The largest absolute Gasteiger partial charge is 0.327 e. The van der Waals surface area contributed by atoms with Crippen LogP contribution in [0.5, 0.6) is 0 Å². The van der Waals surface area contributed by atoms with Crippen LogP contribution in [0.1, 0.15) is 20.8 Å².